The Morgan fingerprint density at radius 2 is 2.19 bits per heavy atom. The second-order valence-electron chi connectivity index (χ2n) is 3.33. The first-order valence-corrected chi connectivity index (χ1v) is 5.88. The van der Waals surface area contributed by atoms with E-state index in [0.717, 1.165) is 5.69 Å². The van der Waals surface area contributed by atoms with Crippen LogP contribution in [0.25, 0.3) is 5.69 Å². The molecule has 0 bridgehead atoms. The van der Waals surface area contributed by atoms with Crippen LogP contribution in [0.4, 0.5) is 4.39 Å². The van der Waals surface area contributed by atoms with Crippen molar-refractivity contribution in [3.05, 3.63) is 40.9 Å². The van der Waals surface area contributed by atoms with Gasteiger partial charge in [-0.3, -0.25) is 0 Å². The molecular weight excluding hydrogens is 296 g/mol. The lowest BCUT2D eigenvalue weighted by molar-refractivity contribution is 0.625. The third-order valence-corrected chi connectivity index (χ3v) is 2.72. The summed E-state index contributed by atoms with van der Waals surface area (Å²) in [5, 5.41) is 8.19. The van der Waals surface area contributed by atoms with Crippen LogP contribution < -0.4 is 0 Å². The average Bonchev–Trinajstić information content (AvgIpc) is 2.64. The van der Waals surface area contributed by atoms with Gasteiger partial charge >= 0.3 is 0 Å². The zero-order valence-corrected chi connectivity index (χ0v) is 10.7. The van der Waals surface area contributed by atoms with Crippen molar-refractivity contribution >= 4 is 27.5 Å². The van der Waals surface area contributed by atoms with Gasteiger partial charge in [0.25, 0.3) is 0 Å². The molecule has 0 fully saturated rings. The molecule has 6 heteroatoms. The molecule has 0 saturated heterocycles. The number of rotatable bonds is 2. The molecule has 0 radical (unpaired) electrons. The molecule has 0 spiro atoms. The van der Waals surface area contributed by atoms with Gasteiger partial charge < -0.3 is 0 Å². The van der Waals surface area contributed by atoms with Gasteiger partial charge in [-0.1, -0.05) is 32.7 Å². The Balaban J connectivity index is 2.42. The third kappa shape index (κ3) is 2.41. The predicted molar refractivity (Wildman–Crippen MR) is 63.7 cm³/mol. The minimum atomic E-state index is -0.397. The molecule has 0 aliphatic heterocycles. The minimum absolute atomic E-state index is 0.102. The van der Waals surface area contributed by atoms with E-state index in [-0.39, 0.29) is 4.83 Å². The average molecular weight is 305 g/mol. The molecule has 0 amide bonds. The summed E-state index contributed by atoms with van der Waals surface area (Å²) in [6.07, 6.45) is 1.73. The first kappa shape index (κ1) is 11.5. The van der Waals surface area contributed by atoms with Crippen molar-refractivity contribution in [2.24, 2.45) is 0 Å². The number of alkyl halides is 1. The smallest absolute Gasteiger partial charge is 0.126 e. The van der Waals surface area contributed by atoms with Crippen molar-refractivity contribution in [2.45, 2.75) is 11.8 Å². The lowest BCUT2D eigenvalue weighted by Crippen LogP contribution is -1.95. The number of hydrogen-bond acceptors (Lipinski definition) is 2. The van der Waals surface area contributed by atoms with Crippen LogP contribution in [0.5, 0.6) is 0 Å². The van der Waals surface area contributed by atoms with Crippen LogP contribution in [0, 0.1) is 5.82 Å². The van der Waals surface area contributed by atoms with E-state index in [4.69, 9.17) is 11.6 Å². The van der Waals surface area contributed by atoms with Crippen LogP contribution in [0.1, 0.15) is 17.4 Å². The number of aromatic nitrogens is 3. The molecule has 0 aliphatic rings. The van der Waals surface area contributed by atoms with Crippen molar-refractivity contribution in [1.29, 1.82) is 0 Å². The van der Waals surface area contributed by atoms with Crippen molar-refractivity contribution in [3.63, 3.8) is 0 Å². The summed E-state index contributed by atoms with van der Waals surface area (Å²) in [6.45, 7) is 1.94. The Kier molecular flexibility index (Phi) is 3.25. The standard InChI is InChI=1S/C10H8BrClFN3/c1-6(11)10-5-16(15-14-10)9-3-7(12)2-8(13)4-9/h2-6H,1H3. The van der Waals surface area contributed by atoms with E-state index < -0.39 is 5.82 Å². The van der Waals surface area contributed by atoms with Crippen molar-refractivity contribution in [2.75, 3.05) is 0 Å². The lowest BCUT2D eigenvalue weighted by atomic mass is 10.3. The van der Waals surface area contributed by atoms with Gasteiger partial charge in [-0.05, 0) is 25.1 Å². The Morgan fingerprint density at radius 3 is 2.75 bits per heavy atom. The molecule has 1 aromatic heterocycles. The highest BCUT2D eigenvalue weighted by atomic mass is 79.9. The van der Waals surface area contributed by atoms with E-state index in [9.17, 15) is 4.39 Å². The molecule has 1 aromatic carbocycles. The minimum Gasteiger partial charge on any atom is -0.220 e. The fourth-order valence-electron chi connectivity index (χ4n) is 1.26. The number of benzene rings is 1. The first-order chi connectivity index (χ1) is 7.56. The highest BCUT2D eigenvalue weighted by Crippen LogP contribution is 2.21. The molecule has 0 aliphatic carbocycles. The van der Waals surface area contributed by atoms with Crippen LogP contribution in [0.3, 0.4) is 0 Å². The van der Waals surface area contributed by atoms with Gasteiger partial charge in [0.1, 0.15) is 5.82 Å². The zero-order chi connectivity index (χ0) is 11.7. The lowest BCUT2D eigenvalue weighted by Gasteiger charge is -2.01. The Morgan fingerprint density at radius 1 is 1.44 bits per heavy atom. The molecule has 84 valence electrons. The van der Waals surface area contributed by atoms with E-state index in [2.05, 4.69) is 26.2 Å². The van der Waals surface area contributed by atoms with Crippen LogP contribution in [0.2, 0.25) is 5.02 Å². The predicted octanol–water partition coefficient (Wildman–Crippen LogP) is 3.52. The molecule has 16 heavy (non-hydrogen) atoms. The molecule has 2 rings (SSSR count). The fourth-order valence-corrected chi connectivity index (χ4v) is 1.68. The summed E-state index contributed by atoms with van der Waals surface area (Å²) >= 11 is 9.14. The molecule has 1 unspecified atom stereocenters. The van der Waals surface area contributed by atoms with Crippen LogP contribution >= 0.6 is 27.5 Å². The van der Waals surface area contributed by atoms with E-state index in [1.807, 2.05) is 6.92 Å². The Labute approximate surface area is 105 Å². The normalized spacial score (nSPS) is 12.8. The van der Waals surface area contributed by atoms with E-state index in [1.165, 1.54) is 16.8 Å². The van der Waals surface area contributed by atoms with Crippen molar-refractivity contribution < 1.29 is 4.39 Å². The van der Waals surface area contributed by atoms with E-state index >= 15 is 0 Å². The van der Waals surface area contributed by atoms with Gasteiger partial charge in [-0.2, -0.15) is 0 Å². The molecule has 2 aromatic rings. The molecule has 0 saturated carbocycles. The van der Waals surface area contributed by atoms with Gasteiger partial charge in [-0.15, -0.1) is 5.10 Å². The molecule has 0 N–H and O–H groups in total. The maximum Gasteiger partial charge on any atom is 0.126 e. The van der Waals surface area contributed by atoms with E-state index in [0.29, 0.717) is 10.7 Å². The van der Waals surface area contributed by atoms with Crippen LogP contribution in [0.15, 0.2) is 24.4 Å². The maximum atomic E-state index is 13.1. The number of nitrogens with zero attached hydrogens (tertiary/aromatic N) is 3. The summed E-state index contributed by atoms with van der Waals surface area (Å²) in [5.74, 6) is -0.397. The fraction of sp³-hybridized carbons (Fsp3) is 0.200. The van der Waals surface area contributed by atoms with Crippen molar-refractivity contribution in [1.82, 2.24) is 15.0 Å². The summed E-state index contributed by atoms with van der Waals surface area (Å²) in [4.78, 5) is 0.102. The van der Waals surface area contributed by atoms with Gasteiger partial charge in [0.15, 0.2) is 0 Å². The second kappa shape index (κ2) is 4.51. The quantitative estimate of drug-likeness (QED) is 0.795. The maximum absolute atomic E-state index is 13.1. The van der Waals surface area contributed by atoms with Crippen LogP contribution in [-0.2, 0) is 0 Å². The zero-order valence-electron chi connectivity index (χ0n) is 8.36. The summed E-state index contributed by atoms with van der Waals surface area (Å²) in [7, 11) is 0. The molecule has 3 nitrogen and oxygen atoms in total. The third-order valence-electron chi connectivity index (χ3n) is 2.03. The van der Waals surface area contributed by atoms with Gasteiger partial charge in [0.05, 0.1) is 22.4 Å². The second-order valence-corrected chi connectivity index (χ2v) is 5.14. The SMILES string of the molecule is CC(Br)c1cn(-c2cc(F)cc(Cl)c2)nn1. The highest BCUT2D eigenvalue weighted by molar-refractivity contribution is 9.09. The van der Waals surface area contributed by atoms with Gasteiger partial charge in [0, 0.05) is 5.02 Å². The van der Waals surface area contributed by atoms with Gasteiger partial charge in [-0.25, -0.2) is 9.07 Å². The number of hydrogen-bond donors (Lipinski definition) is 0. The first-order valence-electron chi connectivity index (χ1n) is 4.59. The van der Waals surface area contributed by atoms with Gasteiger partial charge in [0.2, 0.25) is 0 Å². The summed E-state index contributed by atoms with van der Waals surface area (Å²) < 4.78 is 14.6. The van der Waals surface area contributed by atoms with Crippen LogP contribution in [-0.4, -0.2) is 15.0 Å². The topological polar surface area (TPSA) is 30.7 Å². The largest absolute Gasteiger partial charge is 0.220 e. The summed E-state index contributed by atoms with van der Waals surface area (Å²) in [5.41, 5.74) is 1.33. The van der Waals surface area contributed by atoms with E-state index in [1.54, 1.807) is 12.3 Å². The Hall–Kier alpha value is -0.940. The highest BCUT2D eigenvalue weighted by Gasteiger charge is 2.08. The summed E-state index contributed by atoms with van der Waals surface area (Å²) in [6, 6.07) is 4.22. The molecule has 1 atom stereocenters. The Bertz CT molecular complexity index is 492. The molecule has 1 heterocycles. The van der Waals surface area contributed by atoms with Crippen molar-refractivity contribution in [3.8, 4) is 5.69 Å². The number of halogens is 3. The molecular formula is C10H8BrClFN3. The monoisotopic (exact) mass is 303 g/mol.